The molecule has 0 amide bonds. The van der Waals surface area contributed by atoms with Crippen LogP contribution in [0.25, 0.3) is 0 Å². The van der Waals surface area contributed by atoms with Gasteiger partial charge in [-0.3, -0.25) is 0 Å². The third-order valence-electron chi connectivity index (χ3n) is 5.36. The predicted octanol–water partition coefficient (Wildman–Crippen LogP) is 4.77. The number of thiophene rings is 1. The molecule has 0 bridgehead atoms. The van der Waals surface area contributed by atoms with Crippen LogP contribution in [0.2, 0.25) is 0 Å². The molecular formula is C20H36NOS+. The Labute approximate surface area is 147 Å². The first kappa shape index (κ1) is 19.0. The van der Waals surface area contributed by atoms with Crippen molar-refractivity contribution >= 4 is 11.3 Å². The van der Waals surface area contributed by atoms with Crippen molar-refractivity contribution in [3.63, 3.8) is 0 Å². The van der Waals surface area contributed by atoms with Crippen LogP contribution in [0.1, 0.15) is 77.6 Å². The molecule has 0 unspecified atom stereocenters. The molecule has 1 aromatic heterocycles. The highest BCUT2D eigenvalue weighted by Gasteiger charge is 2.40. The Bertz CT molecular complexity index is 454. The first-order valence-electron chi connectivity index (χ1n) is 9.33. The summed E-state index contributed by atoms with van der Waals surface area (Å²) in [7, 11) is 0. The fourth-order valence-corrected chi connectivity index (χ4v) is 4.82. The summed E-state index contributed by atoms with van der Waals surface area (Å²) in [6.45, 7) is 13.7. The van der Waals surface area contributed by atoms with Crippen LogP contribution in [-0.4, -0.2) is 18.8 Å². The van der Waals surface area contributed by atoms with Crippen molar-refractivity contribution in [3.8, 4) is 0 Å². The van der Waals surface area contributed by atoms with Crippen LogP contribution in [0, 0.1) is 11.3 Å². The maximum Gasteiger partial charge on any atom is 0.118 e. The van der Waals surface area contributed by atoms with E-state index in [2.05, 4.69) is 57.4 Å². The van der Waals surface area contributed by atoms with Crippen LogP contribution in [0.3, 0.4) is 0 Å². The first-order valence-corrected chi connectivity index (χ1v) is 10.2. The number of nitrogens with two attached hydrogens (primary N) is 1. The van der Waals surface area contributed by atoms with Crippen molar-refractivity contribution in [3.05, 3.63) is 22.4 Å². The van der Waals surface area contributed by atoms with E-state index in [1.807, 2.05) is 11.3 Å². The van der Waals surface area contributed by atoms with Gasteiger partial charge in [0.1, 0.15) is 6.04 Å². The van der Waals surface area contributed by atoms with E-state index in [-0.39, 0.29) is 5.60 Å². The highest BCUT2D eigenvalue weighted by molar-refractivity contribution is 7.10. The van der Waals surface area contributed by atoms with Gasteiger partial charge in [0.05, 0.1) is 17.0 Å². The smallest absolute Gasteiger partial charge is 0.118 e. The van der Waals surface area contributed by atoms with E-state index in [1.54, 1.807) is 0 Å². The van der Waals surface area contributed by atoms with E-state index in [0.29, 0.717) is 11.5 Å². The van der Waals surface area contributed by atoms with Crippen molar-refractivity contribution < 1.29 is 10.1 Å². The molecule has 132 valence electrons. The normalized spacial score (nSPS) is 25.7. The van der Waals surface area contributed by atoms with Crippen molar-refractivity contribution in [2.75, 3.05) is 13.2 Å². The van der Waals surface area contributed by atoms with Gasteiger partial charge in [-0.25, -0.2) is 0 Å². The van der Waals surface area contributed by atoms with Crippen LogP contribution in [0.15, 0.2) is 17.5 Å². The monoisotopic (exact) mass is 338 g/mol. The van der Waals surface area contributed by atoms with Gasteiger partial charge in [0, 0.05) is 13.0 Å². The SMILES string of the molecule is CC(C)CC[C@]1(CC[NH2+][C@@H](C)c2cccs2)CCOC(C)(C)C1. The second-order valence-electron chi connectivity index (χ2n) is 8.55. The lowest BCUT2D eigenvalue weighted by Crippen LogP contribution is -2.85. The van der Waals surface area contributed by atoms with Crippen LogP contribution < -0.4 is 5.32 Å². The third kappa shape index (κ3) is 5.88. The van der Waals surface area contributed by atoms with Crippen LogP contribution in [0.5, 0.6) is 0 Å². The third-order valence-corrected chi connectivity index (χ3v) is 6.44. The van der Waals surface area contributed by atoms with Gasteiger partial charge >= 0.3 is 0 Å². The fourth-order valence-electron chi connectivity index (χ4n) is 4.04. The van der Waals surface area contributed by atoms with E-state index < -0.39 is 0 Å². The largest absolute Gasteiger partial charge is 0.376 e. The van der Waals surface area contributed by atoms with Crippen molar-refractivity contribution in [1.82, 2.24) is 0 Å². The molecule has 2 N–H and O–H groups in total. The topological polar surface area (TPSA) is 25.8 Å². The summed E-state index contributed by atoms with van der Waals surface area (Å²) in [6, 6.07) is 5.01. The Morgan fingerprint density at radius 1 is 1.26 bits per heavy atom. The summed E-state index contributed by atoms with van der Waals surface area (Å²) in [5.74, 6) is 0.798. The fraction of sp³-hybridized carbons (Fsp3) is 0.800. The lowest BCUT2D eigenvalue weighted by molar-refractivity contribution is -0.693. The Hall–Kier alpha value is -0.380. The Kier molecular flexibility index (Phi) is 6.70. The van der Waals surface area contributed by atoms with E-state index in [9.17, 15) is 0 Å². The summed E-state index contributed by atoms with van der Waals surface area (Å²) in [5.41, 5.74) is 0.534. The molecule has 1 saturated heterocycles. The number of rotatable bonds is 8. The lowest BCUT2D eigenvalue weighted by atomic mass is 9.68. The molecule has 0 aromatic carbocycles. The van der Waals surface area contributed by atoms with Gasteiger partial charge in [0.15, 0.2) is 0 Å². The second-order valence-corrected chi connectivity index (χ2v) is 9.53. The number of quaternary nitrogens is 1. The molecule has 1 aliphatic heterocycles. The minimum absolute atomic E-state index is 0.0502. The van der Waals surface area contributed by atoms with Gasteiger partial charge in [-0.1, -0.05) is 26.3 Å². The molecule has 0 aliphatic carbocycles. The van der Waals surface area contributed by atoms with E-state index in [4.69, 9.17) is 4.74 Å². The first-order chi connectivity index (χ1) is 10.8. The molecule has 2 atom stereocenters. The second kappa shape index (κ2) is 8.13. The molecule has 23 heavy (non-hydrogen) atoms. The molecule has 2 heterocycles. The number of hydrogen-bond donors (Lipinski definition) is 1. The number of hydrogen-bond acceptors (Lipinski definition) is 2. The maximum absolute atomic E-state index is 6.01. The lowest BCUT2D eigenvalue weighted by Gasteiger charge is -2.45. The van der Waals surface area contributed by atoms with Gasteiger partial charge < -0.3 is 10.1 Å². The van der Waals surface area contributed by atoms with E-state index in [1.165, 1.54) is 43.5 Å². The Morgan fingerprint density at radius 3 is 2.65 bits per heavy atom. The van der Waals surface area contributed by atoms with E-state index in [0.717, 1.165) is 12.5 Å². The zero-order valence-corrected chi connectivity index (χ0v) is 16.5. The molecular weight excluding hydrogens is 302 g/mol. The number of ether oxygens (including phenoxy) is 1. The molecule has 0 saturated carbocycles. The standard InChI is InChI=1S/C20H35NOS/c1-16(2)8-9-20(11-13-22-19(4,5)15-20)10-12-21-17(3)18-7-6-14-23-18/h6-7,14,16-17,21H,8-13,15H2,1-5H3/p+1/t17-,20-/m0/s1. The van der Waals surface area contributed by atoms with E-state index >= 15 is 0 Å². The van der Waals surface area contributed by atoms with Crippen molar-refractivity contribution in [2.45, 2.75) is 78.4 Å². The molecule has 2 rings (SSSR count). The molecule has 3 heteroatoms. The van der Waals surface area contributed by atoms with Gasteiger partial charge in [-0.2, -0.15) is 0 Å². The van der Waals surface area contributed by atoms with Crippen LogP contribution in [-0.2, 0) is 4.74 Å². The maximum atomic E-state index is 6.01. The highest BCUT2D eigenvalue weighted by atomic mass is 32.1. The summed E-state index contributed by atoms with van der Waals surface area (Å²) in [4.78, 5) is 1.49. The Morgan fingerprint density at radius 2 is 2.04 bits per heavy atom. The summed E-state index contributed by atoms with van der Waals surface area (Å²) >= 11 is 1.88. The minimum atomic E-state index is 0.0502. The molecule has 0 radical (unpaired) electrons. The molecule has 1 aliphatic rings. The minimum Gasteiger partial charge on any atom is -0.376 e. The molecule has 0 spiro atoms. The van der Waals surface area contributed by atoms with Gasteiger partial charge in [0.2, 0.25) is 0 Å². The molecule has 1 aromatic rings. The Balaban J connectivity index is 1.91. The zero-order valence-electron chi connectivity index (χ0n) is 15.7. The summed E-state index contributed by atoms with van der Waals surface area (Å²) in [5, 5.41) is 4.72. The van der Waals surface area contributed by atoms with Crippen molar-refractivity contribution in [2.24, 2.45) is 11.3 Å². The molecule has 1 fully saturated rings. The summed E-state index contributed by atoms with van der Waals surface area (Å²) in [6.07, 6.45) is 6.48. The van der Waals surface area contributed by atoms with Crippen LogP contribution >= 0.6 is 11.3 Å². The van der Waals surface area contributed by atoms with Crippen molar-refractivity contribution in [1.29, 1.82) is 0 Å². The highest BCUT2D eigenvalue weighted by Crippen LogP contribution is 2.45. The average molecular weight is 339 g/mol. The van der Waals surface area contributed by atoms with Gasteiger partial charge in [-0.05, 0) is 62.8 Å². The quantitative estimate of drug-likeness (QED) is 0.725. The predicted molar refractivity (Wildman–Crippen MR) is 99.9 cm³/mol. The van der Waals surface area contributed by atoms with Gasteiger partial charge in [-0.15, -0.1) is 11.3 Å². The van der Waals surface area contributed by atoms with Gasteiger partial charge in [0.25, 0.3) is 0 Å². The average Bonchev–Trinajstić information content (AvgIpc) is 2.98. The summed E-state index contributed by atoms with van der Waals surface area (Å²) < 4.78 is 6.01. The molecule has 2 nitrogen and oxygen atoms in total. The zero-order chi connectivity index (χ0) is 16.9. The van der Waals surface area contributed by atoms with Crippen LogP contribution in [0.4, 0.5) is 0 Å².